The lowest BCUT2D eigenvalue weighted by Crippen LogP contribution is -2.06. The van der Waals surface area contributed by atoms with E-state index in [9.17, 15) is 5.11 Å². The zero-order valence-electron chi connectivity index (χ0n) is 11.1. The van der Waals surface area contributed by atoms with Gasteiger partial charge in [0.1, 0.15) is 5.75 Å². The summed E-state index contributed by atoms with van der Waals surface area (Å²) in [5.74, 6) is 1.59. The molecule has 0 aliphatic rings. The molecule has 2 atom stereocenters. The number of ether oxygens (including phenoxy) is 1. The smallest absolute Gasteiger partial charge is 0.119 e. The van der Waals surface area contributed by atoms with Gasteiger partial charge in [-0.25, -0.2) is 0 Å². The fourth-order valence-electron chi connectivity index (χ4n) is 1.61. The quantitative estimate of drug-likeness (QED) is 0.841. The number of methoxy groups -OCH3 is 1. The number of hydrogen-bond donors (Lipinski definition) is 1. The zero-order chi connectivity index (χ0) is 12.8. The van der Waals surface area contributed by atoms with Gasteiger partial charge in [-0.15, -0.1) is 0 Å². The number of hydrogen-bond acceptors (Lipinski definition) is 3. The molecule has 0 radical (unpaired) electrons. The minimum Gasteiger partial charge on any atom is -0.497 e. The lowest BCUT2D eigenvalue weighted by Gasteiger charge is -2.16. The second-order valence-electron chi connectivity index (χ2n) is 4.29. The van der Waals surface area contributed by atoms with E-state index in [0.717, 1.165) is 29.1 Å². The van der Waals surface area contributed by atoms with Crippen molar-refractivity contribution in [3.63, 3.8) is 0 Å². The van der Waals surface area contributed by atoms with Gasteiger partial charge in [0, 0.05) is 11.0 Å². The summed E-state index contributed by atoms with van der Waals surface area (Å²) in [5, 5.41) is 10.7. The normalized spacial score (nSPS) is 14.4. The van der Waals surface area contributed by atoms with Gasteiger partial charge < -0.3 is 9.84 Å². The highest BCUT2D eigenvalue weighted by atomic mass is 32.2. The maximum Gasteiger partial charge on any atom is 0.119 e. The highest BCUT2D eigenvalue weighted by Gasteiger charge is 2.12. The summed E-state index contributed by atoms with van der Waals surface area (Å²) in [7, 11) is 1.66. The van der Waals surface area contributed by atoms with E-state index < -0.39 is 0 Å². The molecule has 1 N–H and O–H groups in total. The van der Waals surface area contributed by atoms with Crippen LogP contribution in [0.25, 0.3) is 0 Å². The molecule has 1 rings (SSSR count). The maximum atomic E-state index is 10.1. The first-order valence-electron chi connectivity index (χ1n) is 6.02. The van der Waals surface area contributed by atoms with E-state index in [4.69, 9.17) is 4.74 Å². The predicted molar refractivity (Wildman–Crippen MR) is 74.9 cm³/mol. The van der Waals surface area contributed by atoms with E-state index in [1.165, 1.54) is 0 Å². The van der Waals surface area contributed by atoms with Gasteiger partial charge in [-0.3, -0.25) is 0 Å². The van der Waals surface area contributed by atoms with Crippen LogP contribution in [0.2, 0.25) is 0 Å². The third kappa shape index (κ3) is 4.25. The highest BCUT2D eigenvalue weighted by Crippen LogP contribution is 2.27. The van der Waals surface area contributed by atoms with Crippen molar-refractivity contribution >= 4 is 11.8 Å². The third-order valence-corrected chi connectivity index (χ3v) is 4.36. The topological polar surface area (TPSA) is 29.5 Å². The molecule has 0 amide bonds. The molecule has 17 heavy (non-hydrogen) atoms. The van der Waals surface area contributed by atoms with Gasteiger partial charge >= 0.3 is 0 Å². The Morgan fingerprint density at radius 2 is 2.12 bits per heavy atom. The lowest BCUT2D eigenvalue weighted by molar-refractivity contribution is 0.203. The molecule has 0 saturated heterocycles. The van der Waals surface area contributed by atoms with Crippen LogP contribution in [-0.4, -0.2) is 23.2 Å². The van der Waals surface area contributed by atoms with Gasteiger partial charge in [0.2, 0.25) is 0 Å². The van der Waals surface area contributed by atoms with Crippen molar-refractivity contribution in [2.45, 2.75) is 38.5 Å². The summed E-state index contributed by atoms with van der Waals surface area (Å²) in [5.41, 5.74) is 2.09. The Labute approximate surface area is 108 Å². The Bertz CT molecular complexity index is 352. The standard InChI is InChI=1S/C14H22O2S/c1-5-11(3)17-9-14(15)13-7-6-12(16-4)8-10(13)2/h6-8,11,14-15H,5,9H2,1-4H3. The van der Waals surface area contributed by atoms with E-state index in [0.29, 0.717) is 5.25 Å². The summed E-state index contributed by atoms with van der Waals surface area (Å²) in [6.45, 7) is 6.37. The summed E-state index contributed by atoms with van der Waals surface area (Å²) in [6, 6.07) is 5.82. The van der Waals surface area contributed by atoms with Gasteiger partial charge in [0.25, 0.3) is 0 Å². The van der Waals surface area contributed by atoms with Crippen molar-refractivity contribution in [1.29, 1.82) is 0 Å². The third-order valence-electron chi connectivity index (χ3n) is 2.95. The van der Waals surface area contributed by atoms with E-state index in [1.807, 2.05) is 36.9 Å². The Kier molecular flexibility index (Phi) is 5.86. The number of benzene rings is 1. The van der Waals surface area contributed by atoms with Crippen LogP contribution >= 0.6 is 11.8 Å². The van der Waals surface area contributed by atoms with Crippen LogP contribution in [0.15, 0.2) is 18.2 Å². The SMILES string of the molecule is CCC(C)SCC(O)c1ccc(OC)cc1C. The van der Waals surface area contributed by atoms with E-state index >= 15 is 0 Å². The van der Waals surface area contributed by atoms with Gasteiger partial charge in [0.05, 0.1) is 13.2 Å². The molecule has 2 nitrogen and oxygen atoms in total. The van der Waals surface area contributed by atoms with Crippen molar-refractivity contribution in [3.8, 4) is 5.75 Å². The van der Waals surface area contributed by atoms with Crippen molar-refractivity contribution < 1.29 is 9.84 Å². The van der Waals surface area contributed by atoms with Gasteiger partial charge in [-0.2, -0.15) is 11.8 Å². The molecule has 0 saturated carbocycles. The Balaban J connectivity index is 2.65. The molecule has 96 valence electrons. The molecule has 0 heterocycles. The maximum absolute atomic E-state index is 10.1. The zero-order valence-corrected chi connectivity index (χ0v) is 11.9. The van der Waals surface area contributed by atoms with Gasteiger partial charge in [-0.05, 0) is 36.6 Å². The number of aliphatic hydroxyl groups excluding tert-OH is 1. The van der Waals surface area contributed by atoms with Crippen LogP contribution in [0.3, 0.4) is 0 Å². The molecule has 2 unspecified atom stereocenters. The summed E-state index contributed by atoms with van der Waals surface area (Å²) >= 11 is 1.82. The van der Waals surface area contributed by atoms with E-state index in [1.54, 1.807) is 7.11 Å². The summed E-state index contributed by atoms with van der Waals surface area (Å²) < 4.78 is 5.16. The Hall–Kier alpha value is -0.670. The summed E-state index contributed by atoms with van der Waals surface area (Å²) in [6.07, 6.45) is 0.749. The van der Waals surface area contributed by atoms with Crippen molar-refractivity contribution in [2.24, 2.45) is 0 Å². The van der Waals surface area contributed by atoms with E-state index in [2.05, 4.69) is 13.8 Å². The average molecular weight is 254 g/mol. The second kappa shape index (κ2) is 6.92. The number of thioether (sulfide) groups is 1. The molecule has 1 aromatic rings. The number of rotatable bonds is 6. The minimum absolute atomic E-state index is 0.389. The lowest BCUT2D eigenvalue weighted by atomic mass is 10.0. The van der Waals surface area contributed by atoms with Crippen LogP contribution in [0, 0.1) is 6.92 Å². The molecule has 0 fully saturated rings. The molecule has 0 aromatic heterocycles. The van der Waals surface area contributed by atoms with Gasteiger partial charge in [-0.1, -0.05) is 19.9 Å². The molecular formula is C14H22O2S. The molecule has 0 bridgehead atoms. The van der Waals surface area contributed by atoms with Crippen LogP contribution in [0.5, 0.6) is 5.75 Å². The van der Waals surface area contributed by atoms with Crippen LogP contribution in [-0.2, 0) is 0 Å². The Morgan fingerprint density at radius 3 is 2.65 bits per heavy atom. The molecule has 3 heteroatoms. The first-order valence-corrected chi connectivity index (χ1v) is 7.07. The first-order chi connectivity index (χ1) is 8.08. The van der Waals surface area contributed by atoms with Crippen molar-refractivity contribution in [3.05, 3.63) is 29.3 Å². The molecule has 0 spiro atoms. The summed E-state index contributed by atoms with van der Waals surface area (Å²) in [4.78, 5) is 0. The monoisotopic (exact) mass is 254 g/mol. The molecule has 1 aromatic carbocycles. The van der Waals surface area contributed by atoms with Crippen LogP contribution in [0.1, 0.15) is 37.5 Å². The molecule has 0 aliphatic heterocycles. The predicted octanol–water partition coefficient (Wildman–Crippen LogP) is 3.57. The number of aliphatic hydroxyl groups is 1. The second-order valence-corrected chi connectivity index (χ2v) is 5.76. The van der Waals surface area contributed by atoms with Crippen LogP contribution in [0.4, 0.5) is 0 Å². The van der Waals surface area contributed by atoms with Crippen molar-refractivity contribution in [1.82, 2.24) is 0 Å². The Morgan fingerprint density at radius 1 is 1.41 bits per heavy atom. The average Bonchev–Trinajstić information content (AvgIpc) is 2.35. The fraction of sp³-hybridized carbons (Fsp3) is 0.571. The fourth-order valence-corrected chi connectivity index (χ4v) is 2.54. The van der Waals surface area contributed by atoms with Gasteiger partial charge in [0.15, 0.2) is 0 Å². The van der Waals surface area contributed by atoms with Crippen LogP contribution < -0.4 is 4.74 Å². The van der Waals surface area contributed by atoms with E-state index in [-0.39, 0.29) is 6.10 Å². The largest absolute Gasteiger partial charge is 0.497 e. The number of aryl methyl sites for hydroxylation is 1. The van der Waals surface area contributed by atoms with Crippen molar-refractivity contribution in [2.75, 3.05) is 12.9 Å². The molecular weight excluding hydrogens is 232 g/mol. The minimum atomic E-state index is -0.389. The molecule has 0 aliphatic carbocycles. The highest BCUT2D eigenvalue weighted by molar-refractivity contribution is 7.99. The first kappa shape index (κ1) is 14.4.